The van der Waals surface area contributed by atoms with Crippen molar-refractivity contribution in [1.29, 1.82) is 0 Å². The molecule has 114 valence electrons. The van der Waals surface area contributed by atoms with Gasteiger partial charge in [-0.2, -0.15) is 10.2 Å². The molecule has 0 aromatic carbocycles. The number of hydrogen-bond donors (Lipinski definition) is 0. The van der Waals surface area contributed by atoms with Crippen LogP contribution in [-0.2, 0) is 20.1 Å². The van der Waals surface area contributed by atoms with Crippen molar-refractivity contribution in [1.82, 2.24) is 24.5 Å². The number of aromatic nitrogens is 4. The fraction of sp³-hybridized carbons (Fsp3) is 0.600. The highest BCUT2D eigenvalue weighted by molar-refractivity contribution is 6.30. The molecule has 0 N–H and O–H groups in total. The topological polar surface area (TPSA) is 38.9 Å². The maximum Gasteiger partial charge on any atom is 0.131 e. The summed E-state index contributed by atoms with van der Waals surface area (Å²) in [5.41, 5.74) is 3.40. The molecule has 21 heavy (non-hydrogen) atoms. The van der Waals surface area contributed by atoms with Crippen LogP contribution in [0.3, 0.4) is 0 Å². The molecule has 3 rings (SSSR count). The maximum atomic E-state index is 6.36. The van der Waals surface area contributed by atoms with E-state index >= 15 is 0 Å². The molecule has 0 aliphatic carbocycles. The number of rotatable bonds is 4. The second kappa shape index (κ2) is 5.81. The van der Waals surface area contributed by atoms with Gasteiger partial charge in [0.05, 0.1) is 18.4 Å². The lowest BCUT2D eigenvalue weighted by molar-refractivity contribution is 0.219. The third-order valence-electron chi connectivity index (χ3n) is 4.29. The van der Waals surface area contributed by atoms with Crippen molar-refractivity contribution in [3.05, 3.63) is 34.4 Å². The Morgan fingerprint density at radius 3 is 2.81 bits per heavy atom. The number of aryl methyl sites for hydroxylation is 3. The highest BCUT2D eigenvalue weighted by Gasteiger charge is 2.27. The number of likely N-dealkylation sites (tertiary alicyclic amines) is 1. The van der Waals surface area contributed by atoms with Crippen molar-refractivity contribution in [2.24, 2.45) is 7.05 Å². The molecule has 1 saturated heterocycles. The van der Waals surface area contributed by atoms with Crippen molar-refractivity contribution in [2.75, 3.05) is 6.54 Å². The molecule has 1 aliphatic rings. The van der Waals surface area contributed by atoms with Gasteiger partial charge in [0.1, 0.15) is 5.15 Å². The predicted molar refractivity (Wildman–Crippen MR) is 83.4 cm³/mol. The van der Waals surface area contributed by atoms with Crippen LogP contribution in [0.15, 0.2) is 12.4 Å². The van der Waals surface area contributed by atoms with Crippen LogP contribution in [-0.4, -0.2) is 37.0 Å². The van der Waals surface area contributed by atoms with E-state index in [-0.39, 0.29) is 0 Å². The first kappa shape index (κ1) is 14.6. The monoisotopic (exact) mass is 307 g/mol. The quantitative estimate of drug-likeness (QED) is 0.871. The Morgan fingerprint density at radius 1 is 1.38 bits per heavy atom. The van der Waals surface area contributed by atoms with E-state index in [1.54, 1.807) is 4.68 Å². The zero-order chi connectivity index (χ0) is 15.0. The van der Waals surface area contributed by atoms with Crippen LogP contribution in [0.4, 0.5) is 0 Å². The van der Waals surface area contributed by atoms with Crippen LogP contribution in [0.2, 0.25) is 5.15 Å². The Bertz CT molecular complexity index is 630. The summed E-state index contributed by atoms with van der Waals surface area (Å²) in [5.74, 6) is 0. The van der Waals surface area contributed by atoms with E-state index in [0.717, 1.165) is 36.0 Å². The van der Waals surface area contributed by atoms with Crippen molar-refractivity contribution >= 4 is 11.6 Å². The Kier molecular flexibility index (Phi) is 4.04. The van der Waals surface area contributed by atoms with Gasteiger partial charge in [0, 0.05) is 31.4 Å². The van der Waals surface area contributed by atoms with E-state index in [2.05, 4.69) is 32.9 Å². The number of halogens is 1. The Labute approximate surface area is 130 Å². The van der Waals surface area contributed by atoms with E-state index in [1.165, 1.54) is 18.4 Å². The summed E-state index contributed by atoms with van der Waals surface area (Å²) >= 11 is 6.36. The molecule has 1 unspecified atom stereocenters. The molecule has 0 bridgehead atoms. The SMILES string of the molecule is Cc1cnn(CC2CCCN2Cc2c(C)nn(C)c2Cl)c1. The smallest absolute Gasteiger partial charge is 0.131 e. The van der Waals surface area contributed by atoms with Gasteiger partial charge < -0.3 is 0 Å². The molecular weight excluding hydrogens is 286 g/mol. The third kappa shape index (κ3) is 2.99. The average Bonchev–Trinajstić information content (AvgIpc) is 3.09. The molecule has 0 radical (unpaired) electrons. The molecule has 0 spiro atoms. The van der Waals surface area contributed by atoms with E-state index in [1.807, 2.05) is 20.2 Å². The lowest BCUT2D eigenvalue weighted by atomic mass is 10.2. The molecular formula is C15H22ClN5. The van der Waals surface area contributed by atoms with Gasteiger partial charge in [0.2, 0.25) is 0 Å². The molecule has 1 aliphatic heterocycles. The largest absolute Gasteiger partial charge is 0.294 e. The summed E-state index contributed by atoms with van der Waals surface area (Å²) in [6, 6.07) is 0.528. The first-order chi connectivity index (χ1) is 10.0. The third-order valence-corrected chi connectivity index (χ3v) is 4.76. The molecule has 2 aromatic heterocycles. The number of nitrogens with zero attached hydrogens (tertiary/aromatic N) is 5. The van der Waals surface area contributed by atoms with Gasteiger partial charge in [-0.25, -0.2) is 0 Å². The Morgan fingerprint density at radius 2 is 2.19 bits per heavy atom. The second-order valence-corrected chi connectivity index (χ2v) is 6.34. The molecule has 6 heteroatoms. The molecule has 1 atom stereocenters. The number of hydrogen-bond acceptors (Lipinski definition) is 3. The van der Waals surface area contributed by atoms with Crippen LogP contribution in [0.5, 0.6) is 0 Å². The molecule has 0 amide bonds. The van der Waals surface area contributed by atoms with Gasteiger partial charge >= 0.3 is 0 Å². The zero-order valence-corrected chi connectivity index (χ0v) is 13.6. The van der Waals surface area contributed by atoms with Crippen LogP contribution in [0.25, 0.3) is 0 Å². The minimum absolute atomic E-state index is 0.528. The van der Waals surface area contributed by atoms with Crippen LogP contribution in [0.1, 0.15) is 29.7 Å². The van der Waals surface area contributed by atoms with Crippen molar-refractivity contribution in [3.8, 4) is 0 Å². The molecule has 0 saturated carbocycles. The molecule has 1 fully saturated rings. The molecule has 5 nitrogen and oxygen atoms in total. The van der Waals surface area contributed by atoms with Gasteiger partial charge in [0.15, 0.2) is 0 Å². The summed E-state index contributed by atoms with van der Waals surface area (Å²) in [6.07, 6.45) is 6.48. The van der Waals surface area contributed by atoms with Crippen LogP contribution >= 0.6 is 11.6 Å². The molecule has 3 heterocycles. The Hall–Kier alpha value is -1.33. The summed E-state index contributed by atoms with van der Waals surface area (Å²) in [5, 5.41) is 9.57. The minimum Gasteiger partial charge on any atom is -0.294 e. The first-order valence-electron chi connectivity index (χ1n) is 7.45. The summed E-state index contributed by atoms with van der Waals surface area (Å²) in [6.45, 7) is 7.06. The zero-order valence-electron chi connectivity index (χ0n) is 12.9. The minimum atomic E-state index is 0.528. The van der Waals surface area contributed by atoms with E-state index in [0.29, 0.717) is 6.04 Å². The fourth-order valence-electron chi connectivity index (χ4n) is 3.15. The maximum absolute atomic E-state index is 6.36. The van der Waals surface area contributed by atoms with Gasteiger partial charge in [-0.05, 0) is 38.8 Å². The Balaban J connectivity index is 1.72. The standard InChI is InChI=1S/C15H22ClN5/c1-11-7-17-21(8-11)9-13-5-4-6-20(13)10-14-12(2)18-19(3)15(14)16/h7-8,13H,4-6,9-10H2,1-3H3. The fourth-order valence-corrected chi connectivity index (χ4v) is 3.38. The normalized spacial score (nSPS) is 19.5. The first-order valence-corrected chi connectivity index (χ1v) is 7.83. The highest BCUT2D eigenvalue weighted by Crippen LogP contribution is 2.26. The van der Waals surface area contributed by atoms with Gasteiger partial charge in [-0.3, -0.25) is 14.3 Å². The van der Waals surface area contributed by atoms with Crippen LogP contribution in [0, 0.1) is 13.8 Å². The van der Waals surface area contributed by atoms with E-state index < -0.39 is 0 Å². The van der Waals surface area contributed by atoms with E-state index in [4.69, 9.17) is 11.6 Å². The predicted octanol–water partition coefficient (Wildman–Crippen LogP) is 2.55. The molecule has 2 aromatic rings. The van der Waals surface area contributed by atoms with E-state index in [9.17, 15) is 0 Å². The summed E-state index contributed by atoms with van der Waals surface area (Å²) in [7, 11) is 1.90. The summed E-state index contributed by atoms with van der Waals surface area (Å²) in [4.78, 5) is 2.51. The van der Waals surface area contributed by atoms with Crippen molar-refractivity contribution in [3.63, 3.8) is 0 Å². The van der Waals surface area contributed by atoms with Crippen molar-refractivity contribution < 1.29 is 0 Å². The van der Waals surface area contributed by atoms with Gasteiger partial charge in [-0.1, -0.05) is 11.6 Å². The lowest BCUT2D eigenvalue weighted by Gasteiger charge is -2.24. The van der Waals surface area contributed by atoms with Gasteiger partial charge in [-0.15, -0.1) is 0 Å². The highest BCUT2D eigenvalue weighted by atomic mass is 35.5. The van der Waals surface area contributed by atoms with Crippen LogP contribution < -0.4 is 0 Å². The summed E-state index contributed by atoms with van der Waals surface area (Å²) < 4.78 is 3.81. The van der Waals surface area contributed by atoms with Gasteiger partial charge in [0.25, 0.3) is 0 Å². The second-order valence-electron chi connectivity index (χ2n) is 5.98. The average molecular weight is 308 g/mol. The lowest BCUT2D eigenvalue weighted by Crippen LogP contribution is -2.32. The van der Waals surface area contributed by atoms with Crippen molar-refractivity contribution in [2.45, 2.75) is 45.8 Å².